The van der Waals surface area contributed by atoms with Crippen LogP contribution < -0.4 is 5.32 Å². The van der Waals surface area contributed by atoms with E-state index in [9.17, 15) is 9.59 Å². The molecule has 0 atom stereocenters. The summed E-state index contributed by atoms with van der Waals surface area (Å²) in [6, 6.07) is 7.17. The van der Waals surface area contributed by atoms with Crippen molar-refractivity contribution in [2.45, 2.75) is 39.5 Å². The molecule has 1 N–H and O–H groups in total. The van der Waals surface area contributed by atoms with Crippen LogP contribution >= 0.6 is 11.6 Å². The number of carbonyl (C=O) groups is 2. The van der Waals surface area contributed by atoms with Gasteiger partial charge in [0.25, 0.3) is 0 Å². The van der Waals surface area contributed by atoms with Gasteiger partial charge < -0.3 is 10.2 Å². The first kappa shape index (κ1) is 17.8. The topological polar surface area (TPSA) is 49.4 Å². The van der Waals surface area contributed by atoms with E-state index in [0.717, 1.165) is 44.5 Å². The molecular formula is C18H25ClN2O2. The third-order valence-corrected chi connectivity index (χ3v) is 4.85. The molecule has 2 amide bonds. The molecule has 1 aromatic rings. The quantitative estimate of drug-likeness (QED) is 0.885. The van der Waals surface area contributed by atoms with Crippen LogP contribution in [0.15, 0.2) is 24.3 Å². The summed E-state index contributed by atoms with van der Waals surface area (Å²) in [6.45, 7) is 5.52. The van der Waals surface area contributed by atoms with Crippen molar-refractivity contribution in [2.24, 2.45) is 11.8 Å². The molecule has 0 aliphatic heterocycles. The minimum absolute atomic E-state index is 0.0188. The number of hydrogen-bond donors (Lipinski definition) is 1. The van der Waals surface area contributed by atoms with E-state index >= 15 is 0 Å². The summed E-state index contributed by atoms with van der Waals surface area (Å²) in [5.41, 5.74) is 0.726. The standard InChI is InChI=1S/C18H25ClN2O2/c1-3-21(4-2)18(23)14-10-8-13(9-11-14)17(22)20-16-7-5-6-15(19)12-16/h5-7,12-14H,3-4,8-11H2,1-2H3,(H,20,22). The van der Waals surface area contributed by atoms with E-state index in [2.05, 4.69) is 5.32 Å². The SMILES string of the molecule is CCN(CC)C(=O)C1CCC(C(=O)Nc2cccc(Cl)c2)CC1. The smallest absolute Gasteiger partial charge is 0.227 e. The molecule has 2 rings (SSSR count). The fourth-order valence-electron chi connectivity index (χ4n) is 3.21. The van der Waals surface area contributed by atoms with Gasteiger partial charge >= 0.3 is 0 Å². The van der Waals surface area contributed by atoms with E-state index in [1.54, 1.807) is 12.1 Å². The van der Waals surface area contributed by atoms with Gasteiger partial charge in [0.05, 0.1) is 0 Å². The van der Waals surface area contributed by atoms with Crippen molar-refractivity contribution < 1.29 is 9.59 Å². The zero-order valence-corrected chi connectivity index (χ0v) is 14.6. The number of nitrogens with zero attached hydrogens (tertiary/aromatic N) is 1. The van der Waals surface area contributed by atoms with Crippen LogP contribution in [-0.4, -0.2) is 29.8 Å². The van der Waals surface area contributed by atoms with E-state index in [1.165, 1.54) is 0 Å². The molecule has 0 aromatic heterocycles. The van der Waals surface area contributed by atoms with E-state index in [-0.39, 0.29) is 23.7 Å². The monoisotopic (exact) mass is 336 g/mol. The summed E-state index contributed by atoms with van der Waals surface area (Å²) < 4.78 is 0. The average molecular weight is 337 g/mol. The Morgan fingerprint density at radius 2 is 1.74 bits per heavy atom. The van der Waals surface area contributed by atoms with Gasteiger partial charge in [0.15, 0.2) is 0 Å². The van der Waals surface area contributed by atoms with Crippen molar-refractivity contribution in [1.82, 2.24) is 4.90 Å². The Kier molecular flexibility index (Phi) is 6.46. The lowest BCUT2D eigenvalue weighted by Gasteiger charge is -2.30. The van der Waals surface area contributed by atoms with Gasteiger partial charge in [-0.3, -0.25) is 9.59 Å². The maximum absolute atomic E-state index is 12.4. The van der Waals surface area contributed by atoms with Gasteiger partial charge in [-0.25, -0.2) is 0 Å². The second-order valence-electron chi connectivity index (χ2n) is 6.06. The van der Waals surface area contributed by atoms with Crippen molar-refractivity contribution in [3.05, 3.63) is 29.3 Å². The molecule has 0 unspecified atom stereocenters. The molecular weight excluding hydrogens is 312 g/mol. The second-order valence-corrected chi connectivity index (χ2v) is 6.50. The summed E-state index contributed by atoms with van der Waals surface area (Å²) in [6.07, 6.45) is 3.13. The lowest BCUT2D eigenvalue weighted by Crippen LogP contribution is -2.38. The number of nitrogens with one attached hydrogen (secondary N) is 1. The highest BCUT2D eigenvalue weighted by Gasteiger charge is 2.31. The Balaban J connectivity index is 1.86. The fraction of sp³-hybridized carbons (Fsp3) is 0.556. The molecule has 0 radical (unpaired) electrons. The van der Waals surface area contributed by atoms with Crippen molar-refractivity contribution in [2.75, 3.05) is 18.4 Å². The lowest BCUT2D eigenvalue weighted by atomic mass is 9.81. The molecule has 1 aliphatic carbocycles. The average Bonchev–Trinajstić information content (AvgIpc) is 2.56. The summed E-state index contributed by atoms with van der Waals surface area (Å²) >= 11 is 5.93. The summed E-state index contributed by atoms with van der Waals surface area (Å²) in [5.74, 6) is 0.324. The molecule has 1 aromatic carbocycles. The molecule has 1 aliphatic rings. The molecule has 0 saturated heterocycles. The van der Waals surface area contributed by atoms with Crippen LogP contribution in [0.1, 0.15) is 39.5 Å². The van der Waals surface area contributed by atoms with Gasteiger partial charge in [0.2, 0.25) is 11.8 Å². The normalized spacial score (nSPS) is 20.8. The molecule has 1 fully saturated rings. The molecule has 4 nitrogen and oxygen atoms in total. The number of amides is 2. The maximum atomic E-state index is 12.4. The summed E-state index contributed by atoms with van der Waals surface area (Å²) in [5, 5.41) is 3.53. The third kappa shape index (κ3) is 4.71. The van der Waals surface area contributed by atoms with Gasteiger partial charge in [-0.05, 0) is 57.7 Å². The predicted octanol–water partition coefficient (Wildman–Crippen LogP) is 3.95. The predicted molar refractivity (Wildman–Crippen MR) is 93.5 cm³/mol. The molecule has 126 valence electrons. The molecule has 0 heterocycles. The Hall–Kier alpha value is -1.55. The van der Waals surface area contributed by atoms with Crippen molar-refractivity contribution in [1.29, 1.82) is 0 Å². The number of benzene rings is 1. The third-order valence-electron chi connectivity index (χ3n) is 4.61. The van der Waals surface area contributed by atoms with Gasteiger partial charge in [-0.1, -0.05) is 17.7 Å². The first-order valence-corrected chi connectivity index (χ1v) is 8.78. The van der Waals surface area contributed by atoms with Crippen molar-refractivity contribution in [3.8, 4) is 0 Å². The number of rotatable bonds is 5. The van der Waals surface area contributed by atoms with Crippen LogP contribution in [0.5, 0.6) is 0 Å². The second kappa shape index (κ2) is 8.34. The molecule has 23 heavy (non-hydrogen) atoms. The Labute approximate surface area is 143 Å². The lowest BCUT2D eigenvalue weighted by molar-refractivity contribution is -0.137. The molecule has 5 heteroatoms. The van der Waals surface area contributed by atoms with Gasteiger partial charge in [-0.2, -0.15) is 0 Å². The van der Waals surface area contributed by atoms with E-state index in [4.69, 9.17) is 11.6 Å². The first-order valence-electron chi connectivity index (χ1n) is 8.40. The minimum atomic E-state index is -0.0188. The number of halogens is 1. The minimum Gasteiger partial charge on any atom is -0.343 e. The maximum Gasteiger partial charge on any atom is 0.227 e. The highest BCUT2D eigenvalue weighted by atomic mass is 35.5. The molecule has 1 saturated carbocycles. The van der Waals surface area contributed by atoms with Crippen LogP contribution in [0.4, 0.5) is 5.69 Å². The van der Waals surface area contributed by atoms with Crippen LogP contribution in [0.3, 0.4) is 0 Å². The van der Waals surface area contributed by atoms with Crippen molar-refractivity contribution >= 4 is 29.1 Å². The largest absolute Gasteiger partial charge is 0.343 e. The highest BCUT2D eigenvalue weighted by molar-refractivity contribution is 6.30. The van der Waals surface area contributed by atoms with Crippen LogP contribution in [0.2, 0.25) is 5.02 Å². The number of hydrogen-bond acceptors (Lipinski definition) is 2. The zero-order chi connectivity index (χ0) is 16.8. The van der Waals surface area contributed by atoms with Crippen LogP contribution in [0, 0.1) is 11.8 Å². The highest BCUT2D eigenvalue weighted by Crippen LogP contribution is 2.31. The Morgan fingerprint density at radius 3 is 2.30 bits per heavy atom. The van der Waals surface area contributed by atoms with E-state index in [1.807, 2.05) is 30.9 Å². The summed E-state index contributed by atoms with van der Waals surface area (Å²) in [7, 11) is 0. The number of carbonyl (C=O) groups excluding carboxylic acids is 2. The van der Waals surface area contributed by atoms with Gasteiger partial charge in [0, 0.05) is 35.6 Å². The van der Waals surface area contributed by atoms with Gasteiger partial charge in [-0.15, -0.1) is 0 Å². The zero-order valence-electron chi connectivity index (χ0n) is 13.8. The first-order chi connectivity index (χ1) is 11.0. The van der Waals surface area contributed by atoms with E-state index < -0.39 is 0 Å². The van der Waals surface area contributed by atoms with Crippen LogP contribution in [0.25, 0.3) is 0 Å². The summed E-state index contributed by atoms with van der Waals surface area (Å²) in [4.78, 5) is 26.6. The van der Waals surface area contributed by atoms with Crippen LogP contribution in [-0.2, 0) is 9.59 Å². The Morgan fingerprint density at radius 1 is 1.13 bits per heavy atom. The fourth-order valence-corrected chi connectivity index (χ4v) is 3.40. The van der Waals surface area contributed by atoms with E-state index in [0.29, 0.717) is 5.02 Å². The molecule has 0 bridgehead atoms. The Bertz CT molecular complexity index is 550. The van der Waals surface area contributed by atoms with Crippen molar-refractivity contribution in [3.63, 3.8) is 0 Å². The van der Waals surface area contributed by atoms with Gasteiger partial charge in [0.1, 0.15) is 0 Å². The number of anilines is 1. The molecule has 0 spiro atoms.